The minimum atomic E-state index is 0.532. The van der Waals surface area contributed by atoms with Crippen LogP contribution in [0, 0.1) is 12.8 Å². The summed E-state index contributed by atoms with van der Waals surface area (Å²) in [5, 5.41) is 11.2. The molecule has 7 heteroatoms. The van der Waals surface area contributed by atoms with Crippen LogP contribution >= 0.6 is 0 Å². The van der Waals surface area contributed by atoms with Crippen LogP contribution in [0.15, 0.2) is 60.8 Å². The number of aryl methyl sites for hydroxylation is 1. The number of aromatic amines is 1. The zero-order valence-corrected chi connectivity index (χ0v) is 18.2. The minimum Gasteiger partial charge on any atom is -0.493 e. The molecule has 32 heavy (non-hydrogen) atoms. The Kier molecular flexibility index (Phi) is 5.89. The number of piperidine rings is 1. The van der Waals surface area contributed by atoms with Crippen molar-refractivity contribution >= 4 is 34.0 Å². The highest BCUT2D eigenvalue weighted by atomic mass is 16.5. The van der Waals surface area contributed by atoms with Gasteiger partial charge in [0, 0.05) is 40.2 Å². The second-order valence-corrected chi connectivity index (χ2v) is 8.30. The maximum atomic E-state index is 6.04. The van der Waals surface area contributed by atoms with E-state index in [2.05, 4.69) is 56.0 Å². The van der Waals surface area contributed by atoms with Crippen molar-refractivity contribution in [2.75, 3.05) is 30.3 Å². The number of nitrogens with zero attached hydrogens (tertiary/aromatic N) is 2. The number of nitrogens with one attached hydrogen (secondary N) is 4. The molecule has 1 saturated heterocycles. The molecule has 7 nitrogen and oxygen atoms in total. The van der Waals surface area contributed by atoms with Crippen molar-refractivity contribution in [1.82, 2.24) is 20.3 Å². The number of hydrogen-bond donors (Lipinski definition) is 4. The number of H-pyrrole nitrogens is 1. The van der Waals surface area contributed by atoms with E-state index in [1.54, 1.807) is 6.20 Å². The predicted molar refractivity (Wildman–Crippen MR) is 129 cm³/mol. The zero-order chi connectivity index (χ0) is 21.8. The average Bonchev–Trinajstić information content (AvgIpc) is 3.18. The molecule has 5 rings (SSSR count). The Morgan fingerprint density at radius 2 is 1.88 bits per heavy atom. The lowest BCUT2D eigenvalue weighted by atomic mass is 9.99. The predicted octanol–water partition coefficient (Wildman–Crippen LogP) is 5.13. The van der Waals surface area contributed by atoms with E-state index >= 15 is 0 Å². The summed E-state index contributed by atoms with van der Waals surface area (Å²) >= 11 is 0. The molecule has 2 aromatic carbocycles. The van der Waals surface area contributed by atoms with E-state index in [0.29, 0.717) is 11.9 Å². The van der Waals surface area contributed by atoms with Crippen molar-refractivity contribution in [3.63, 3.8) is 0 Å². The molecule has 0 atom stereocenters. The number of rotatable bonds is 7. The molecule has 1 aliphatic heterocycles. The van der Waals surface area contributed by atoms with Gasteiger partial charge in [0.1, 0.15) is 11.6 Å². The summed E-state index contributed by atoms with van der Waals surface area (Å²) in [6, 6.07) is 18.2. The van der Waals surface area contributed by atoms with E-state index < -0.39 is 0 Å². The molecule has 0 unspecified atom stereocenters. The van der Waals surface area contributed by atoms with Crippen LogP contribution in [0.3, 0.4) is 0 Å². The first-order chi connectivity index (χ1) is 15.7. The third kappa shape index (κ3) is 5.00. The van der Waals surface area contributed by atoms with E-state index in [9.17, 15) is 0 Å². The van der Waals surface area contributed by atoms with Crippen LogP contribution in [0.25, 0.3) is 10.9 Å². The fourth-order valence-electron chi connectivity index (χ4n) is 4.05. The van der Waals surface area contributed by atoms with Crippen molar-refractivity contribution in [3.8, 4) is 5.75 Å². The molecule has 4 N–H and O–H groups in total. The van der Waals surface area contributed by atoms with Gasteiger partial charge in [-0.25, -0.2) is 4.98 Å². The van der Waals surface area contributed by atoms with Gasteiger partial charge in [0.05, 0.1) is 6.61 Å². The molecule has 0 bridgehead atoms. The quantitative estimate of drug-likeness (QED) is 0.326. The van der Waals surface area contributed by atoms with Gasteiger partial charge in [-0.2, -0.15) is 4.98 Å². The van der Waals surface area contributed by atoms with E-state index in [-0.39, 0.29) is 0 Å². The Balaban J connectivity index is 1.24. The molecule has 0 amide bonds. The molecule has 4 aromatic rings. The molecular weight excluding hydrogens is 400 g/mol. The summed E-state index contributed by atoms with van der Waals surface area (Å²) in [5.74, 6) is 2.74. The number of anilines is 4. The molecule has 0 radical (unpaired) electrons. The standard InChI is InChI=1S/C25H28N6O/c1-17-13-19-14-21(5-6-23(19)28-17)29-24-9-12-27-25(31-24)30-20-3-2-4-22(15-20)32-16-18-7-10-26-11-8-18/h2-6,9,12-15,18,26,28H,7-8,10-11,16H2,1H3,(H2,27,29,30,31). The van der Waals surface area contributed by atoms with Gasteiger partial charge >= 0.3 is 0 Å². The molecule has 1 aliphatic rings. The Morgan fingerprint density at radius 3 is 2.78 bits per heavy atom. The lowest BCUT2D eigenvalue weighted by molar-refractivity contribution is 0.215. The Labute approximate surface area is 187 Å². The summed E-state index contributed by atoms with van der Waals surface area (Å²) < 4.78 is 6.04. The second kappa shape index (κ2) is 9.28. The SMILES string of the molecule is Cc1cc2cc(Nc3ccnc(Nc4cccc(OCC5CCNCC5)c4)n3)ccc2[nH]1. The highest BCUT2D eigenvalue weighted by molar-refractivity contribution is 5.84. The highest BCUT2D eigenvalue weighted by Crippen LogP contribution is 2.24. The fourth-order valence-corrected chi connectivity index (χ4v) is 4.05. The minimum absolute atomic E-state index is 0.532. The number of hydrogen-bond acceptors (Lipinski definition) is 6. The van der Waals surface area contributed by atoms with Crippen LogP contribution in [0.1, 0.15) is 18.5 Å². The van der Waals surface area contributed by atoms with E-state index in [1.807, 2.05) is 36.4 Å². The summed E-state index contributed by atoms with van der Waals surface area (Å²) in [4.78, 5) is 12.3. The van der Waals surface area contributed by atoms with Gasteiger partial charge in [-0.1, -0.05) is 6.07 Å². The van der Waals surface area contributed by atoms with Crippen LogP contribution < -0.4 is 20.7 Å². The number of benzene rings is 2. The van der Waals surface area contributed by atoms with Crippen LogP contribution in [0.2, 0.25) is 0 Å². The first-order valence-corrected chi connectivity index (χ1v) is 11.1. The van der Waals surface area contributed by atoms with Gasteiger partial charge in [-0.15, -0.1) is 0 Å². The van der Waals surface area contributed by atoms with Gasteiger partial charge in [0.25, 0.3) is 0 Å². The number of fused-ring (bicyclic) bond motifs is 1. The zero-order valence-electron chi connectivity index (χ0n) is 18.2. The van der Waals surface area contributed by atoms with Crippen LogP contribution in [-0.2, 0) is 0 Å². The Bertz CT molecular complexity index is 1200. The summed E-state index contributed by atoms with van der Waals surface area (Å²) in [7, 11) is 0. The van der Waals surface area contributed by atoms with Crippen molar-refractivity contribution in [2.45, 2.75) is 19.8 Å². The molecule has 0 spiro atoms. The van der Waals surface area contributed by atoms with Crippen molar-refractivity contribution in [2.24, 2.45) is 5.92 Å². The Hall–Kier alpha value is -3.58. The number of ether oxygens (including phenoxy) is 1. The van der Waals surface area contributed by atoms with Crippen molar-refractivity contribution in [1.29, 1.82) is 0 Å². The monoisotopic (exact) mass is 428 g/mol. The van der Waals surface area contributed by atoms with Gasteiger partial charge in [-0.3, -0.25) is 0 Å². The maximum absolute atomic E-state index is 6.04. The Morgan fingerprint density at radius 1 is 1.00 bits per heavy atom. The molecule has 164 valence electrons. The lowest BCUT2D eigenvalue weighted by Gasteiger charge is -2.22. The summed E-state index contributed by atoms with van der Waals surface area (Å²) in [5.41, 5.74) is 4.15. The second-order valence-electron chi connectivity index (χ2n) is 8.30. The number of aromatic nitrogens is 3. The smallest absolute Gasteiger partial charge is 0.229 e. The van der Waals surface area contributed by atoms with E-state index in [1.165, 1.54) is 18.2 Å². The van der Waals surface area contributed by atoms with Gasteiger partial charge in [-0.05, 0) is 81.2 Å². The first kappa shape index (κ1) is 20.3. The van der Waals surface area contributed by atoms with Crippen LogP contribution in [0.4, 0.5) is 23.1 Å². The van der Waals surface area contributed by atoms with Gasteiger partial charge in [0.15, 0.2) is 0 Å². The lowest BCUT2D eigenvalue weighted by Crippen LogP contribution is -2.30. The molecule has 0 aliphatic carbocycles. The molecule has 1 fully saturated rings. The first-order valence-electron chi connectivity index (χ1n) is 11.1. The van der Waals surface area contributed by atoms with E-state index in [0.717, 1.165) is 53.8 Å². The van der Waals surface area contributed by atoms with Crippen LogP contribution in [0.5, 0.6) is 5.75 Å². The summed E-state index contributed by atoms with van der Waals surface area (Å²) in [6.45, 7) is 4.97. The maximum Gasteiger partial charge on any atom is 0.229 e. The van der Waals surface area contributed by atoms with Crippen LogP contribution in [-0.4, -0.2) is 34.6 Å². The molecule has 0 saturated carbocycles. The van der Waals surface area contributed by atoms with E-state index in [4.69, 9.17) is 4.74 Å². The molecule has 2 aromatic heterocycles. The topological polar surface area (TPSA) is 86.9 Å². The highest BCUT2D eigenvalue weighted by Gasteiger charge is 2.13. The third-order valence-electron chi connectivity index (χ3n) is 5.72. The van der Waals surface area contributed by atoms with Gasteiger partial charge < -0.3 is 25.7 Å². The van der Waals surface area contributed by atoms with Crippen molar-refractivity contribution < 1.29 is 4.74 Å². The third-order valence-corrected chi connectivity index (χ3v) is 5.72. The molecular formula is C25H28N6O. The largest absolute Gasteiger partial charge is 0.493 e. The average molecular weight is 429 g/mol. The summed E-state index contributed by atoms with van der Waals surface area (Å²) in [6.07, 6.45) is 4.08. The van der Waals surface area contributed by atoms with Crippen molar-refractivity contribution in [3.05, 3.63) is 66.5 Å². The molecule has 3 heterocycles. The fraction of sp³-hybridized carbons (Fsp3) is 0.280. The normalized spacial score (nSPS) is 14.4. The van der Waals surface area contributed by atoms with Gasteiger partial charge in [0.2, 0.25) is 5.95 Å².